The molecule has 1 rings (SSSR count). The summed E-state index contributed by atoms with van der Waals surface area (Å²) in [5.74, 6) is 0.389. The Morgan fingerprint density at radius 1 is 1.56 bits per heavy atom. The lowest BCUT2D eigenvalue weighted by molar-refractivity contribution is 0.266. The molecule has 0 aliphatic rings. The Kier molecular flexibility index (Phi) is 4.62. The van der Waals surface area contributed by atoms with Gasteiger partial charge in [0, 0.05) is 13.2 Å². The van der Waals surface area contributed by atoms with Crippen molar-refractivity contribution in [3.63, 3.8) is 0 Å². The third kappa shape index (κ3) is 3.44. The number of nitrogens with two attached hydrogens (primary N) is 1. The third-order valence-electron chi connectivity index (χ3n) is 2.44. The molecule has 1 unspecified atom stereocenters. The summed E-state index contributed by atoms with van der Waals surface area (Å²) < 4.78 is 0. The van der Waals surface area contributed by atoms with Crippen LogP contribution in [0.1, 0.15) is 18.9 Å². The highest BCUT2D eigenvalue weighted by Gasteiger charge is 2.03. The molecule has 0 amide bonds. The van der Waals surface area contributed by atoms with Crippen molar-refractivity contribution in [2.75, 3.05) is 24.2 Å². The van der Waals surface area contributed by atoms with E-state index in [0.717, 1.165) is 18.7 Å². The number of benzene rings is 1. The van der Waals surface area contributed by atoms with Crippen LogP contribution in [0.3, 0.4) is 0 Å². The van der Waals surface area contributed by atoms with Crippen LogP contribution in [-0.2, 0) is 0 Å². The van der Waals surface area contributed by atoms with E-state index in [9.17, 15) is 0 Å². The summed E-state index contributed by atoms with van der Waals surface area (Å²) in [5, 5.41) is 20.7. The minimum Gasteiger partial charge on any atom is -0.397 e. The number of nitrogens with zero attached hydrogens (tertiary/aromatic N) is 1. The Morgan fingerprint density at radius 2 is 2.31 bits per heavy atom. The van der Waals surface area contributed by atoms with E-state index in [-0.39, 0.29) is 6.61 Å². The van der Waals surface area contributed by atoms with Crippen molar-refractivity contribution in [3.8, 4) is 6.07 Å². The molecule has 4 heteroatoms. The number of hydrogen-bond donors (Lipinski definition) is 3. The summed E-state index contributed by atoms with van der Waals surface area (Å²) >= 11 is 0. The second-order valence-electron chi connectivity index (χ2n) is 3.91. The zero-order valence-electron chi connectivity index (χ0n) is 9.40. The van der Waals surface area contributed by atoms with Crippen molar-refractivity contribution in [2.24, 2.45) is 5.92 Å². The molecule has 0 fully saturated rings. The van der Waals surface area contributed by atoms with E-state index < -0.39 is 0 Å². The first-order valence-corrected chi connectivity index (χ1v) is 5.31. The smallest absolute Gasteiger partial charge is 0.0992 e. The maximum atomic E-state index is 8.77. The van der Waals surface area contributed by atoms with Gasteiger partial charge in [-0.1, -0.05) is 6.92 Å². The fourth-order valence-corrected chi connectivity index (χ4v) is 1.40. The van der Waals surface area contributed by atoms with Gasteiger partial charge in [-0.2, -0.15) is 5.26 Å². The zero-order chi connectivity index (χ0) is 12.0. The quantitative estimate of drug-likeness (QED) is 0.656. The molecule has 0 spiro atoms. The van der Waals surface area contributed by atoms with Crippen molar-refractivity contribution < 1.29 is 5.11 Å². The second-order valence-corrected chi connectivity index (χ2v) is 3.91. The highest BCUT2D eigenvalue weighted by Crippen LogP contribution is 2.20. The molecule has 0 bridgehead atoms. The molecule has 0 heterocycles. The van der Waals surface area contributed by atoms with Crippen molar-refractivity contribution in [2.45, 2.75) is 13.3 Å². The highest BCUT2D eigenvalue weighted by atomic mass is 16.3. The number of rotatable bonds is 5. The lowest BCUT2D eigenvalue weighted by atomic mass is 10.1. The lowest BCUT2D eigenvalue weighted by Crippen LogP contribution is -2.13. The van der Waals surface area contributed by atoms with Crippen molar-refractivity contribution in [3.05, 3.63) is 23.8 Å². The van der Waals surface area contributed by atoms with Crippen LogP contribution in [0.15, 0.2) is 18.2 Å². The lowest BCUT2D eigenvalue weighted by Gasteiger charge is -2.13. The Hall–Kier alpha value is -1.73. The number of nitrogen functional groups attached to an aromatic ring is 1. The molecule has 4 nitrogen and oxygen atoms in total. The largest absolute Gasteiger partial charge is 0.397 e. The first kappa shape index (κ1) is 12.3. The number of nitriles is 1. The summed E-state index contributed by atoms with van der Waals surface area (Å²) in [6.07, 6.45) is 0.767. The van der Waals surface area contributed by atoms with Crippen LogP contribution in [0.2, 0.25) is 0 Å². The molecule has 1 aromatic rings. The minimum atomic E-state index is 0.200. The van der Waals surface area contributed by atoms with E-state index in [1.807, 2.05) is 6.07 Å². The van der Waals surface area contributed by atoms with Gasteiger partial charge >= 0.3 is 0 Å². The molecule has 0 aliphatic carbocycles. The van der Waals surface area contributed by atoms with Gasteiger partial charge in [-0.25, -0.2) is 0 Å². The van der Waals surface area contributed by atoms with Crippen LogP contribution in [-0.4, -0.2) is 18.3 Å². The Morgan fingerprint density at radius 3 is 2.88 bits per heavy atom. The standard InChI is InChI=1S/C12H17N3O/c1-9(4-5-16)8-15-12-3-2-10(7-13)6-11(12)14/h2-3,6,9,15-16H,4-5,8,14H2,1H3. The van der Waals surface area contributed by atoms with Gasteiger partial charge in [-0.15, -0.1) is 0 Å². The van der Waals surface area contributed by atoms with Gasteiger partial charge in [-0.3, -0.25) is 0 Å². The van der Waals surface area contributed by atoms with Crippen LogP contribution in [0, 0.1) is 17.2 Å². The molecular weight excluding hydrogens is 202 g/mol. The zero-order valence-corrected chi connectivity index (χ0v) is 9.40. The molecule has 0 aromatic heterocycles. The van der Waals surface area contributed by atoms with Crippen LogP contribution >= 0.6 is 0 Å². The number of hydrogen-bond acceptors (Lipinski definition) is 4. The van der Waals surface area contributed by atoms with Crippen molar-refractivity contribution in [1.29, 1.82) is 5.26 Å². The summed E-state index contributed by atoms with van der Waals surface area (Å²) in [7, 11) is 0. The van der Waals surface area contributed by atoms with E-state index in [1.54, 1.807) is 18.2 Å². The molecule has 0 saturated carbocycles. The number of nitrogens with one attached hydrogen (secondary N) is 1. The molecule has 0 radical (unpaired) electrons. The Balaban J connectivity index is 2.58. The molecule has 1 aromatic carbocycles. The number of anilines is 2. The van der Waals surface area contributed by atoms with Gasteiger partial charge in [0.15, 0.2) is 0 Å². The maximum Gasteiger partial charge on any atom is 0.0992 e. The predicted molar refractivity (Wildman–Crippen MR) is 64.9 cm³/mol. The molecule has 86 valence electrons. The fraction of sp³-hybridized carbons (Fsp3) is 0.417. The van der Waals surface area contributed by atoms with Gasteiger partial charge in [-0.05, 0) is 30.5 Å². The molecule has 1 atom stereocenters. The van der Waals surface area contributed by atoms with Crippen LogP contribution in [0.5, 0.6) is 0 Å². The highest BCUT2D eigenvalue weighted by molar-refractivity contribution is 5.68. The van der Waals surface area contributed by atoms with E-state index in [1.165, 1.54) is 0 Å². The molecule has 0 saturated heterocycles. The van der Waals surface area contributed by atoms with Gasteiger partial charge < -0.3 is 16.2 Å². The normalized spacial score (nSPS) is 11.8. The molecule has 16 heavy (non-hydrogen) atoms. The SMILES string of the molecule is CC(CCO)CNc1ccc(C#N)cc1N. The van der Waals surface area contributed by atoms with Crippen molar-refractivity contribution in [1.82, 2.24) is 0 Å². The third-order valence-corrected chi connectivity index (χ3v) is 2.44. The van der Waals surface area contributed by atoms with E-state index in [2.05, 4.69) is 12.2 Å². The van der Waals surface area contributed by atoms with Gasteiger partial charge in [0.2, 0.25) is 0 Å². The van der Waals surface area contributed by atoms with E-state index in [4.69, 9.17) is 16.1 Å². The average molecular weight is 219 g/mol. The Labute approximate surface area is 95.7 Å². The van der Waals surface area contributed by atoms with Crippen LogP contribution in [0.4, 0.5) is 11.4 Å². The monoisotopic (exact) mass is 219 g/mol. The first-order valence-electron chi connectivity index (χ1n) is 5.31. The summed E-state index contributed by atoms with van der Waals surface area (Å²) in [6.45, 7) is 3.02. The van der Waals surface area contributed by atoms with Crippen LogP contribution in [0.25, 0.3) is 0 Å². The second kappa shape index (κ2) is 5.99. The first-order chi connectivity index (χ1) is 7.67. The molecule has 0 aliphatic heterocycles. The number of aliphatic hydroxyl groups excluding tert-OH is 1. The van der Waals surface area contributed by atoms with E-state index in [0.29, 0.717) is 17.2 Å². The summed E-state index contributed by atoms with van der Waals surface area (Å²) in [6, 6.07) is 7.23. The maximum absolute atomic E-state index is 8.77. The minimum absolute atomic E-state index is 0.200. The summed E-state index contributed by atoms with van der Waals surface area (Å²) in [4.78, 5) is 0. The van der Waals surface area contributed by atoms with Gasteiger partial charge in [0.1, 0.15) is 0 Å². The predicted octanol–water partition coefficient (Wildman–Crippen LogP) is 1.57. The van der Waals surface area contributed by atoms with E-state index >= 15 is 0 Å². The van der Waals surface area contributed by atoms with Crippen LogP contribution < -0.4 is 11.1 Å². The topological polar surface area (TPSA) is 82.1 Å². The summed E-state index contributed by atoms with van der Waals surface area (Å²) in [5.41, 5.74) is 7.77. The Bertz CT molecular complexity index is 384. The van der Waals surface area contributed by atoms with Crippen molar-refractivity contribution >= 4 is 11.4 Å². The molecular formula is C12H17N3O. The average Bonchev–Trinajstić information content (AvgIpc) is 2.27. The van der Waals surface area contributed by atoms with Gasteiger partial charge in [0.05, 0.1) is 23.0 Å². The fourth-order valence-electron chi connectivity index (χ4n) is 1.40. The number of aliphatic hydroxyl groups is 1. The molecule has 4 N–H and O–H groups in total. The van der Waals surface area contributed by atoms with Gasteiger partial charge in [0.25, 0.3) is 0 Å².